The molecule has 0 bridgehead atoms. The Labute approximate surface area is 182 Å². The molecule has 0 fully saturated rings. The van der Waals surface area contributed by atoms with Crippen molar-refractivity contribution in [3.8, 4) is 17.2 Å². The maximum absolute atomic E-state index is 12.5. The van der Waals surface area contributed by atoms with E-state index in [1.54, 1.807) is 24.3 Å². The molecule has 1 atom stereocenters. The van der Waals surface area contributed by atoms with Gasteiger partial charge in [-0.05, 0) is 54.8 Å². The number of hydrogen-bond acceptors (Lipinski definition) is 6. The molecule has 31 heavy (non-hydrogen) atoms. The fraction of sp³-hybridized carbons (Fsp3) is 0.417. The van der Waals surface area contributed by atoms with Gasteiger partial charge in [-0.2, -0.15) is 0 Å². The lowest BCUT2D eigenvalue weighted by molar-refractivity contribution is -0.125. The number of nitrogens with one attached hydrogen (secondary N) is 1. The second-order valence-electron chi connectivity index (χ2n) is 7.58. The summed E-state index contributed by atoms with van der Waals surface area (Å²) in [6, 6.07) is 12.0. The van der Waals surface area contributed by atoms with Crippen LogP contribution in [0.15, 0.2) is 42.5 Å². The van der Waals surface area contributed by atoms with E-state index < -0.39 is 5.97 Å². The molecule has 7 nitrogen and oxygen atoms in total. The first-order valence-corrected chi connectivity index (χ1v) is 10.6. The molecule has 1 amide bonds. The molecule has 0 aromatic heterocycles. The Morgan fingerprint density at radius 3 is 2.42 bits per heavy atom. The topological polar surface area (TPSA) is 83.1 Å². The van der Waals surface area contributed by atoms with Gasteiger partial charge in [-0.25, -0.2) is 4.79 Å². The van der Waals surface area contributed by atoms with E-state index in [1.165, 1.54) is 0 Å². The molecule has 0 spiro atoms. The number of benzene rings is 2. The first kappa shape index (κ1) is 22.5. The van der Waals surface area contributed by atoms with Gasteiger partial charge in [0.25, 0.3) is 5.91 Å². The van der Waals surface area contributed by atoms with E-state index >= 15 is 0 Å². The number of carbonyl (C=O) groups excluding carboxylic acids is 2. The fourth-order valence-corrected chi connectivity index (χ4v) is 3.29. The summed E-state index contributed by atoms with van der Waals surface area (Å²) in [5.41, 5.74) is 1.27. The van der Waals surface area contributed by atoms with Gasteiger partial charge >= 0.3 is 5.97 Å². The maximum atomic E-state index is 12.5. The summed E-state index contributed by atoms with van der Waals surface area (Å²) >= 11 is 0. The number of ether oxygens (including phenoxy) is 4. The minimum absolute atomic E-state index is 0.121. The van der Waals surface area contributed by atoms with Crippen molar-refractivity contribution >= 4 is 11.9 Å². The maximum Gasteiger partial charge on any atom is 0.338 e. The Kier molecular flexibility index (Phi) is 7.76. The van der Waals surface area contributed by atoms with Crippen LogP contribution in [0.3, 0.4) is 0 Å². The molecule has 2 aromatic rings. The summed E-state index contributed by atoms with van der Waals surface area (Å²) in [6.07, 6.45) is 0.827. The van der Waals surface area contributed by atoms with Gasteiger partial charge in [-0.15, -0.1) is 0 Å². The first-order chi connectivity index (χ1) is 15.0. The minimum atomic E-state index is -0.560. The van der Waals surface area contributed by atoms with Gasteiger partial charge in [0.15, 0.2) is 18.1 Å². The number of esters is 1. The van der Waals surface area contributed by atoms with E-state index in [-0.39, 0.29) is 24.5 Å². The molecule has 3 rings (SSSR count). The molecule has 1 heterocycles. The van der Waals surface area contributed by atoms with Crippen LogP contribution in [-0.2, 0) is 9.53 Å². The highest BCUT2D eigenvalue weighted by molar-refractivity contribution is 5.91. The van der Waals surface area contributed by atoms with Crippen molar-refractivity contribution in [3.63, 3.8) is 0 Å². The Bertz CT molecular complexity index is 893. The number of amides is 1. The SMILES string of the molecule is CCOc1ccc(C(=O)OCC(=O)N[C@@H](c2ccc3c(c2)OCCCO3)C(C)C)cc1. The van der Waals surface area contributed by atoms with E-state index in [9.17, 15) is 9.59 Å². The standard InChI is InChI=1S/C24H29NO6/c1-4-28-19-9-6-17(7-10-19)24(27)31-15-22(26)25-23(16(2)3)18-8-11-20-21(14-18)30-13-5-12-29-20/h6-11,14,16,23H,4-5,12-13,15H2,1-3H3,(H,25,26)/t23-/m1/s1. The van der Waals surface area contributed by atoms with Gasteiger partial charge in [0.05, 0.1) is 31.4 Å². The molecule has 0 saturated carbocycles. The predicted octanol–water partition coefficient (Wildman–Crippen LogP) is 3.92. The summed E-state index contributed by atoms with van der Waals surface area (Å²) in [7, 11) is 0. The lowest BCUT2D eigenvalue weighted by atomic mass is 9.95. The Balaban J connectivity index is 1.59. The smallest absolute Gasteiger partial charge is 0.338 e. The first-order valence-electron chi connectivity index (χ1n) is 10.6. The lowest BCUT2D eigenvalue weighted by Gasteiger charge is -2.24. The second kappa shape index (κ2) is 10.7. The number of hydrogen-bond donors (Lipinski definition) is 1. The van der Waals surface area contributed by atoms with Crippen molar-refractivity contribution in [1.29, 1.82) is 0 Å². The number of carbonyl (C=O) groups is 2. The summed E-state index contributed by atoms with van der Waals surface area (Å²) in [6.45, 7) is 7.31. The van der Waals surface area contributed by atoms with Gasteiger partial charge < -0.3 is 24.3 Å². The largest absolute Gasteiger partial charge is 0.494 e. The normalized spacial score (nSPS) is 13.8. The highest BCUT2D eigenvalue weighted by Crippen LogP contribution is 2.34. The van der Waals surface area contributed by atoms with Crippen LogP contribution < -0.4 is 19.5 Å². The van der Waals surface area contributed by atoms with E-state index in [4.69, 9.17) is 18.9 Å². The molecule has 0 radical (unpaired) electrons. The van der Waals surface area contributed by atoms with Crippen molar-refractivity contribution in [2.75, 3.05) is 26.4 Å². The molecule has 0 saturated heterocycles. The van der Waals surface area contributed by atoms with Gasteiger partial charge in [0, 0.05) is 6.42 Å². The average Bonchev–Trinajstić information content (AvgIpc) is 3.01. The van der Waals surface area contributed by atoms with Gasteiger partial charge in [-0.3, -0.25) is 4.79 Å². The quantitative estimate of drug-likeness (QED) is 0.643. The Morgan fingerprint density at radius 1 is 1.03 bits per heavy atom. The van der Waals surface area contributed by atoms with Gasteiger partial charge in [-0.1, -0.05) is 19.9 Å². The van der Waals surface area contributed by atoms with Gasteiger partial charge in [0.2, 0.25) is 0 Å². The van der Waals surface area contributed by atoms with E-state index in [1.807, 2.05) is 39.0 Å². The van der Waals surface area contributed by atoms with Crippen LogP contribution in [-0.4, -0.2) is 38.3 Å². The molecule has 0 unspecified atom stereocenters. The van der Waals surface area contributed by atoms with E-state index in [0.29, 0.717) is 42.6 Å². The zero-order valence-corrected chi connectivity index (χ0v) is 18.2. The molecular weight excluding hydrogens is 398 g/mol. The Morgan fingerprint density at radius 2 is 1.74 bits per heavy atom. The fourth-order valence-electron chi connectivity index (χ4n) is 3.29. The van der Waals surface area contributed by atoms with Crippen LogP contribution in [0, 0.1) is 5.92 Å². The molecule has 166 valence electrons. The van der Waals surface area contributed by atoms with Crippen LogP contribution in [0.25, 0.3) is 0 Å². The van der Waals surface area contributed by atoms with Crippen molar-refractivity contribution < 1.29 is 28.5 Å². The second-order valence-corrected chi connectivity index (χ2v) is 7.58. The summed E-state index contributed by atoms with van der Waals surface area (Å²) < 4.78 is 22.0. The van der Waals surface area contributed by atoms with Crippen molar-refractivity contribution in [2.24, 2.45) is 5.92 Å². The highest BCUT2D eigenvalue weighted by atomic mass is 16.5. The summed E-state index contributed by atoms with van der Waals surface area (Å²) in [4.78, 5) is 24.7. The van der Waals surface area contributed by atoms with Crippen molar-refractivity contribution in [2.45, 2.75) is 33.2 Å². The molecule has 0 aliphatic carbocycles. The molecule has 7 heteroatoms. The minimum Gasteiger partial charge on any atom is -0.494 e. The average molecular weight is 427 g/mol. The molecular formula is C24H29NO6. The van der Waals surface area contributed by atoms with E-state index in [2.05, 4.69) is 5.32 Å². The van der Waals surface area contributed by atoms with Crippen LogP contribution in [0.5, 0.6) is 17.2 Å². The molecule has 1 aliphatic rings. The number of rotatable bonds is 8. The molecule has 1 N–H and O–H groups in total. The zero-order valence-electron chi connectivity index (χ0n) is 18.2. The predicted molar refractivity (Wildman–Crippen MR) is 116 cm³/mol. The monoisotopic (exact) mass is 427 g/mol. The van der Waals surface area contributed by atoms with Crippen LogP contribution in [0.4, 0.5) is 0 Å². The molecule has 2 aromatic carbocycles. The summed E-state index contributed by atoms with van der Waals surface area (Å²) in [5.74, 6) is 1.25. The number of fused-ring (bicyclic) bond motifs is 1. The summed E-state index contributed by atoms with van der Waals surface area (Å²) in [5, 5.41) is 2.96. The van der Waals surface area contributed by atoms with Crippen LogP contribution in [0.2, 0.25) is 0 Å². The lowest BCUT2D eigenvalue weighted by Crippen LogP contribution is -2.35. The molecule has 1 aliphatic heterocycles. The van der Waals surface area contributed by atoms with E-state index in [0.717, 1.165) is 12.0 Å². The Hall–Kier alpha value is -3.22. The third kappa shape index (κ3) is 6.13. The van der Waals surface area contributed by atoms with Crippen LogP contribution in [0.1, 0.15) is 49.2 Å². The van der Waals surface area contributed by atoms with Gasteiger partial charge in [0.1, 0.15) is 5.75 Å². The van der Waals surface area contributed by atoms with Crippen LogP contribution >= 0.6 is 0 Å². The highest BCUT2D eigenvalue weighted by Gasteiger charge is 2.22. The zero-order chi connectivity index (χ0) is 22.2. The van der Waals surface area contributed by atoms with Crippen molar-refractivity contribution in [3.05, 3.63) is 53.6 Å². The third-order valence-corrected chi connectivity index (χ3v) is 4.85. The van der Waals surface area contributed by atoms with Crippen molar-refractivity contribution in [1.82, 2.24) is 5.32 Å². The third-order valence-electron chi connectivity index (χ3n) is 4.85.